The minimum absolute atomic E-state index is 0.710. The van der Waals surface area contributed by atoms with E-state index in [0.29, 0.717) is 5.82 Å². The normalized spacial score (nSPS) is 11.6. The standard InChI is InChI=1S/C52H33N3/c1-4-15-34(16-5-1)47-33-48(35-17-6-2-7-18-35)54-52(53-47)45-25-14-24-44-40-22-11-10-21-39(40)41-29-27-36(31-46(41)51(44)45)37-28-30-43-42-23-12-13-26-49(42)55(50(43)32-37)38-19-8-3-9-20-38/h1-33H. The molecule has 0 amide bonds. The lowest BCUT2D eigenvalue weighted by atomic mass is 9.89. The van der Waals surface area contributed by atoms with E-state index in [0.717, 1.165) is 44.7 Å². The molecule has 0 unspecified atom stereocenters. The largest absolute Gasteiger partial charge is 0.309 e. The molecule has 0 aliphatic heterocycles. The van der Waals surface area contributed by atoms with Crippen molar-refractivity contribution in [1.29, 1.82) is 0 Å². The van der Waals surface area contributed by atoms with E-state index in [1.165, 1.54) is 54.3 Å². The molecule has 2 aromatic heterocycles. The van der Waals surface area contributed by atoms with Gasteiger partial charge in [0.25, 0.3) is 0 Å². The number of hydrogen-bond donors (Lipinski definition) is 0. The molecule has 11 aromatic rings. The summed E-state index contributed by atoms with van der Waals surface area (Å²) in [6.07, 6.45) is 0. The molecule has 0 aliphatic rings. The molecular weight excluding hydrogens is 667 g/mol. The highest BCUT2D eigenvalue weighted by molar-refractivity contribution is 6.28. The molecule has 2 heterocycles. The predicted octanol–water partition coefficient (Wildman–Crippen LogP) is 13.7. The van der Waals surface area contributed by atoms with E-state index >= 15 is 0 Å². The fourth-order valence-electron chi connectivity index (χ4n) is 8.46. The maximum absolute atomic E-state index is 5.30. The molecule has 0 atom stereocenters. The smallest absolute Gasteiger partial charge is 0.161 e. The Kier molecular flexibility index (Phi) is 7.17. The summed E-state index contributed by atoms with van der Waals surface area (Å²) in [4.78, 5) is 10.6. The molecule has 0 N–H and O–H groups in total. The Labute approximate surface area is 318 Å². The van der Waals surface area contributed by atoms with Crippen LogP contribution in [0.1, 0.15) is 0 Å². The van der Waals surface area contributed by atoms with Gasteiger partial charge >= 0.3 is 0 Å². The molecular formula is C52H33N3. The number of para-hydroxylation sites is 2. The lowest BCUT2D eigenvalue weighted by Crippen LogP contribution is -1.97. The molecule has 256 valence electrons. The molecule has 0 radical (unpaired) electrons. The van der Waals surface area contributed by atoms with Crippen molar-refractivity contribution in [2.45, 2.75) is 0 Å². The molecule has 0 aliphatic carbocycles. The van der Waals surface area contributed by atoms with Crippen molar-refractivity contribution < 1.29 is 0 Å². The number of nitrogens with zero attached hydrogens (tertiary/aromatic N) is 3. The first-order chi connectivity index (χ1) is 27.3. The Bertz CT molecular complexity index is 3180. The van der Waals surface area contributed by atoms with Gasteiger partial charge in [0.1, 0.15) is 0 Å². The van der Waals surface area contributed by atoms with Crippen LogP contribution < -0.4 is 0 Å². The van der Waals surface area contributed by atoms with Crippen molar-refractivity contribution in [2.24, 2.45) is 0 Å². The Morgan fingerprint density at radius 2 is 0.818 bits per heavy atom. The second-order valence-electron chi connectivity index (χ2n) is 14.1. The van der Waals surface area contributed by atoms with E-state index in [-0.39, 0.29) is 0 Å². The summed E-state index contributed by atoms with van der Waals surface area (Å²) < 4.78 is 2.39. The number of benzene rings is 9. The zero-order valence-corrected chi connectivity index (χ0v) is 29.9. The third-order valence-corrected chi connectivity index (χ3v) is 11.0. The fourth-order valence-corrected chi connectivity index (χ4v) is 8.46. The van der Waals surface area contributed by atoms with Crippen molar-refractivity contribution in [3.63, 3.8) is 0 Å². The highest BCUT2D eigenvalue weighted by Crippen LogP contribution is 2.42. The van der Waals surface area contributed by atoms with Gasteiger partial charge in [-0.05, 0) is 74.5 Å². The molecule has 0 spiro atoms. The third-order valence-electron chi connectivity index (χ3n) is 11.0. The van der Waals surface area contributed by atoms with Crippen LogP contribution in [-0.2, 0) is 0 Å². The van der Waals surface area contributed by atoms with Crippen LogP contribution in [0.15, 0.2) is 200 Å². The molecule has 9 aromatic carbocycles. The van der Waals surface area contributed by atoms with Crippen LogP contribution in [0, 0.1) is 0 Å². The highest BCUT2D eigenvalue weighted by atomic mass is 15.0. The molecule has 0 fully saturated rings. The molecule has 3 nitrogen and oxygen atoms in total. The zero-order valence-electron chi connectivity index (χ0n) is 29.9. The van der Waals surface area contributed by atoms with Crippen molar-refractivity contribution in [3.8, 4) is 50.7 Å². The van der Waals surface area contributed by atoms with Gasteiger partial charge in [-0.15, -0.1) is 0 Å². The van der Waals surface area contributed by atoms with Crippen LogP contribution >= 0.6 is 0 Å². The van der Waals surface area contributed by atoms with Gasteiger partial charge < -0.3 is 4.57 Å². The molecule has 3 heteroatoms. The van der Waals surface area contributed by atoms with Gasteiger partial charge in [-0.3, -0.25) is 0 Å². The van der Waals surface area contributed by atoms with Gasteiger partial charge in [-0.25, -0.2) is 9.97 Å². The summed E-state index contributed by atoms with van der Waals surface area (Å²) in [7, 11) is 0. The summed E-state index contributed by atoms with van der Waals surface area (Å²) in [5, 5.41) is 9.68. The molecule has 55 heavy (non-hydrogen) atoms. The van der Waals surface area contributed by atoms with Gasteiger partial charge in [0.15, 0.2) is 5.82 Å². The van der Waals surface area contributed by atoms with Crippen LogP contribution in [0.4, 0.5) is 0 Å². The van der Waals surface area contributed by atoms with Gasteiger partial charge in [-0.1, -0.05) is 164 Å². The topological polar surface area (TPSA) is 30.7 Å². The first kappa shape index (κ1) is 31.2. The minimum Gasteiger partial charge on any atom is -0.309 e. The van der Waals surface area contributed by atoms with E-state index in [4.69, 9.17) is 9.97 Å². The first-order valence-corrected chi connectivity index (χ1v) is 18.7. The van der Waals surface area contributed by atoms with Crippen LogP contribution in [0.2, 0.25) is 0 Å². The molecule has 11 rings (SSSR count). The van der Waals surface area contributed by atoms with Crippen molar-refractivity contribution in [2.75, 3.05) is 0 Å². The fraction of sp³-hybridized carbons (Fsp3) is 0. The summed E-state index contributed by atoms with van der Waals surface area (Å²) in [6, 6.07) is 71.5. The molecule has 0 saturated carbocycles. The van der Waals surface area contributed by atoms with Crippen LogP contribution in [-0.4, -0.2) is 14.5 Å². The van der Waals surface area contributed by atoms with Crippen LogP contribution in [0.5, 0.6) is 0 Å². The third kappa shape index (κ3) is 5.13. The molecule has 0 bridgehead atoms. The van der Waals surface area contributed by atoms with E-state index in [9.17, 15) is 0 Å². The lowest BCUT2D eigenvalue weighted by Gasteiger charge is -2.16. The van der Waals surface area contributed by atoms with Crippen molar-refractivity contribution >= 4 is 54.1 Å². The second-order valence-corrected chi connectivity index (χ2v) is 14.1. The van der Waals surface area contributed by atoms with E-state index in [1.807, 2.05) is 12.1 Å². The van der Waals surface area contributed by atoms with Crippen LogP contribution in [0.3, 0.4) is 0 Å². The summed E-state index contributed by atoms with van der Waals surface area (Å²) >= 11 is 0. The number of rotatable bonds is 5. The maximum Gasteiger partial charge on any atom is 0.161 e. The van der Waals surface area contributed by atoms with Crippen molar-refractivity contribution in [1.82, 2.24) is 14.5 Å². The van der Waals surface area contributed by atoms with E-state index in [2.05, 4.69) is 193 Å². The summed E-state index contributed by atoms with van der Waals surface area (Å²) in [5.74, 6) is 0.710. The first-order valence-electron chi connectivity index (χ1n) is 18.7. The lowest BCUT2D eigenvalue weighted by molar-refractivity contribution is 1.18. The van der Waals surface area contributed by atoms with Crippen LogP contribution in [0.25, 0.3) is 105 Å². The van der Waals surface area contributed by atoms with Gasteiger partial charge in [0.2, 0.25) is 0 Å². The second kappa shape index (κ2) is 12.6. The minimum atomic E-state index is 0.710. The van der Waals surface area contributed by atoms with E-state index in [1.54, 1.807) is 0 Å². The molecule has 0 saturated heterocycles. The Morgan fingerprint density at radius 3 is 1.51 bits per heavy atom. The summed E-state index contributed by atoms with van der Waals surface area (Å²) in [5.41, 5.74) is 10.8. The maximum atomic E-state index is 5.30. The monoisotopic (exact) mass is 699 g/mol. The quantitative estimate of drug-likeness (QED) is 0.167. The predicted molar refractivity (Wildman–Crippen MR) is 231 cm³/mol. The van der Waals surface area contributed by atoms with Gasteiger partial charge in [0.05, 0.1) is 22.4 Å². The van der Waals surface area contributed by atoms with Gasteiger partial charge in [0, 0.05) is 38.5 Å². The SMILES string of the molecule is c1ccc(-c2cc(-c3ccccc3)nc(-c3cccc4c5ccccc5c5ccc(-c6ccc7c8ccccc8n(-c8ccccc8)c7c6)cc5c34)n2)cc1. The Morgan fingerprint density at radius 1 is 0.309 bits per heavy atom. The summed E-state index contributed by atoms with van der Waals surface area (Å²) in [6.45, 7) is 0. The average Bonchev–Trinajstić information content (AvgIpc) is 3.60. The highest BCUT2D eigenvalue weighted by Gasteiger charge is 2.18. The number of hydrogen-bond acceptors (Lipinski definition) is 2. The zero-order chi connectivity index (χ0) is 36.3. The van der Waals surface area contributed by atoms with Crippen molar-refractivity contribution in [3.05, 3.63) is 200 Å². The van der Waals surface area contributed by atoms with Gasteiger partial charge in [-0.2, -0.15) is 0 Å². The number of fused-ring (bicyclic) bond motifs is 9. The number of aromatic nitrogens is 3. The average molecular weight is 700 g/mol. The van der Waals surface area contributed by atoms with E-state index < -0.39 is 0 Å². The Balaban J connectivity index is 1.19. The Hall–Kier alpha value is -7.36.